The van der Waals surface area contributed by atoms with E-state index in [0.717, 1.165) is 21.7 Å². The molecule has 2 amide bonds. The monoisotopic (exact) mass is 651 g/mol. The molecule has 0 aliphatic carbocycles. The third kappa shape index (κ3) is 10.2. The van der Waals surface area contributed by atoms with Crippen LogP contribution in [0.5, 0.6) is 0 Å². The summed E-state index contributed by atoms with van der Waals surface area (Å²) in [7, 11) is -3.73. The molecule has 0 aliphatic rings. The topological polar surface area (TPSA) is 86.8 Å². The van der Waals surface area contributed by atoms with Gasteiger partial charge in [-0.3, -0.25) is 13.9 Å². The van der Waals surface area contributed by atoms with Gasteiger partial charge < -0.3 is 10.2 Å². The van der Waals surface area contributed by atoms with Crippen LogP contribution in [0.4, 0.5) is 5.69 Å². The van der Waals surface area contributed by atoms with Gasteiger partial charge >= 0.3 is 0 Å². The lowest BCUT2D eigenvalue weighted by molar-refractivity contribution is -0.142. The maximum absolute atomic E-state index is 13.9. The summed E-state index contributed by atoms with van der Waals surface area (Å²) >= 11 is 18.5. The molecule has 0 heterocycles. The van der Waals surface area contributed by atoms with Crippen molar-refractivity contribution < 1.29 is 18.0 Å². The number of rotatable bonds is 12. The van der Waals surface area contributed by atoms with Crippen LogP contribution in [0.15, 0.2) is 72.8 Å². The minimum atomic E-state index is -3.73. The van der Waals surface area contributed by atoms with Gasteiger partial charge in [-0.25, -0.2) is 8.42 Å². The highest BCUT2D eigenvalue weighted by Gasteiger charge is 2.32. The van der Waals surface area contributed by atoms with E-state index in [0.29, 0.717) is 16.5 Å². The second kappa shape index (κ2) is 14.6. The van der Waals surface area contributed by atoms with Gasteiger partial charge in [0.1, 0.15) is 6.04 Å². The van der Waals surface area contributed by atoms with Crippen LogP contribution in [0, 0.1) is 0 Å². The maximum Gasteiger partial charge on any atom is 0.243 e. The van der Waals surface area contributed by atoms with E-state index in [1.54, 1.807) is 23.1 Å². The Hall–Kier alpha value is -2.78. The lowest BCUT2D eigenvalue weighted by Gasteiger charge is -2.34. The molecular formula is C31H36Cl3N3O4S. The van der Waals surface area contributed by atoms with Crippen molar-refractivity contribution in [3.8, 4) is 0 Å². The number of sulfonamides is 1. The number of amides is 2. The Morgan fingerprint density at radius 2 is 1.50 bits per heavy atom. The normalized spacial score (nSPS) is 12.5. The molecule has 42 heavy (non-hydrogen) atoms. The van der Waals surface area contributed by atoms with Crippen LogP contribution in [0.1, 0.15) is 44.7 Å². The first-order valence-corrected chi connectivity index (χ1v) is 16.4. The van der Waals surface area contributed by atoms with E-state index in [1.807, 2.05) is 63.2 Å². The minimum Gasteiger partial charge on any atom is -0.350 e. The highest BCUT2D eigenvalue weighted by Crippen LogP contribution is 2.31. The lowest BCUT2D eigenvalue weighted by atomic mass is 10.00. The van der Waals surface area contributed by atoms with Crippen molar-refractivity contribution in [3.05, 3.63) is 99.0 Å². The van der Waals surface area contributed by atoms with Gasteiger partial charge in [-0.1, -0.05) is 77.3 Å². The zero-order chi connectivity index (χ0) is 31.1. The van der Waals surface area contributed by atoms with Crippen molar-refractivity contribution in [3.63, 3.8) is 0 Å². The van der Waals surface area contributed by atoms with Gasteiger partial charge in [0.25, 0.3) is 0 Å². The standard InChI is InChI=1S/C31H36Cl3N3O4S/c1-31(2,3)35-30(39)28(19-22-9-6-5-7-10-22)36(21-23-12-14-24(32)15-13-23)29(38)11-8-18-37(42(4,40)41)27-20-25(33)16-17-26(27)34/h5-7,9-10,12-17,20,28H,8,11,18-19,21H2,1-4H3,(H,35,39)/t28-/m1/s1. The van der Waals surface area contributed by atoms with Gasteiger partial charge in [0.15, 0.2) is 0 Å². The Kier molecular flexibility index (Phi) is 11.7. The quantitative estimate of drug-likeness (QED) is 0.235. The number of halogens is 3. The summed E-state index contributed by atoms with van der Waals surface area (Å²) in [6.45, 7) is 5.82. The number of carbonyl (C=O) groups excluding carboxylic acids is 2. The molecule has 3 aromatic rings. The fourth-order valence-corrected chi connectivity index (χ4v) is 5.98. The summed E-state index contributed by atoms with van der Waals surface area (Å²) in [5.41, 5.74) is 1.42. The molecule has 0 aromatic heterocycles. The molecular weight excluding hydrogens is 617 g/mol. The Balaban J connectivity index is 1.92. The van der Waals surface area contributed by atoms with E-state index in [9.17, 15) is 18.0 Å². The molecule has 0 bridgehead atoms. The molecule has 0 fully saturated rings. The van der Waals surface area contributed by atoms with Crippen LogP contribution < -0.4 is 9.62 Å². The second-order valence-electron chi connectivity index (χ2n) is 11.1. The van der Waals surface area contributed by atoms with E-state index in [-0.39, 0.29) is 48.5 Å². The molecule has 0 unspecified atom stereocenters. The van der Waals surface area contributed by atoms with Crippen LogP contribution in [0.3, 0.4) is 0 Å². The molecule has 1 atom stereocenters. The number of hydrogen-bond acceptors (Lipinski definition) is 4. The Morgan fingerprint density at radius 1 is 0.881 bits per heavy atom. The fourth-order valence-electron chi connectivity index (χ4n) is 4.45. The highest BCUT2D eigenvalue weighted by molar-refractivity contribution is 7.92. The fraction of sp³-hybridized carbons (Fsp3) is 0.355. The van der Waals surface area contributed by atoms with Crippen LogP contribution in [-0.4, -0.2) is 49.5 Å². The van der Waals surface area contributed by atoms with Crippen LogP contribution in [-0.2, 0) is 32.6 Å². The Morgan fingerprint density at radius 3 is 2.10 bits per heavy atom. The molecule has 1 N–H and O–H groups in total. The van der Waals surface area contributed by atoms with Crippen molar-refractivity contribution in [2.45, 2.75) is 58.2 Å². The first-order valence-electron chi connectivity index (χ1n) is 13.5. The second-order valence-corrected chi connectivity index (χ2v) is 14.3. The number of benzene rings is 3. The molecule has 0 spiro atoms. The molecule has 3 aromatic carbocycles. The average Bonchev–Trinajstić information content (AvgIpc) is 2.90. The van der Waals surface area contributed by atoms with Gasteiger partial charge in [0, 0.05) is 41.5 Å². The molecule has 0 aliphatic heterocycles. The van der Waals surface area contributed by atoms with Gasteiger partial charge in [-0.2, -0.15) is 0 Å². The van der Waals surface area contributed by atoms with Crippen molar-refractivity contribution in [2.75, 3.05) is 17.1 Å². The van der Waals surface area contributed by atoms with E-state index >= 15 is 0 Å². The summed E-state index contributed by atoms with van der Waals surface area (Å²) in [6.07, 6.45) is 1.55. The number of carbonyl (C=O) groups is 2. The van der Waals surface area contributed by atoms with E-state index in [2.05, 4.69) is 5.32 Å². The van der Waals surface area contributed by atoms with Crippen LogP contribution in [0.25, 0.3) is 0 Å². The summed E-state index contributed by atoms with van der Waals surface area (Å²) in [5, 5.41) is 4.15. The summed E-state index contributed by atoms with van der Waals surface area (Å²) in [6, 6.07) is 20.4. The summed E-state index contributed by atoms with van der Waals surface area (Å²) < 4.78 is 26.5. The molecule has 0 saturated carbocycles. The lowest BCUT2D eigenvalue weighted by Crippen LogP contribution is -2.54. The number of hydrogen-bond donors (Lipinski definition) is 1. The zero-order valence-corrected chi connectivity index (χ0v) is 27.2. The molecule has 11 heteroatoms. The highest BCUT2D eigenvalue weighted by atomic mass is 35.5. The van der Waals surface area contributed by atoms with Crippen molar-refractivity contribution in [1.82, 2.24) is 10.2 Å². The largest absolute Gasteiger partial charge is 0.350 e. The van der Waals surface area contributed by atoms with Crippen molar-refractivity contribution in [2.24, 2.45) is 0 Å². The SMILES string of the molecule is CC(C)(C)NC(=O)[C@@H](Cc1ccccc1)N(Cc1ccc(Cl)cc1)C(=O)CCCN(c1cc(Cl)ccc1Cl)S(C)(=O)=O. The van der Waals surface area contributed by atoms with E-state index in [1.165, 1.54) is 12.1 Å². The molecule has 0 saturated heterocycles. The predicted octanol–water partition coefficient (Wildman–Crippen LogP) is 6.75. The summed E-state index contributed by atoms with van der Waals surface area (Å²) in [5.74, 6) is -0.572. The third-order valence-corrected chi connectivity index (χ3v) is 8.35. The smallest absolute Gasteiger partial charge is 0.243 e. The molecule has 3 rings (SSSR count). The predicted molar refractivity (Wildman–Crippen MR) is 172 cm³/mol. The Labute approximate surface area is 263 Å². The zero-order valence-electron chi connectivity index (χ0n) is 24.1. The van der Waals surface area contributed by atoms with E-state index in [4.69, 9.17) is 34.8 Å². The molecule has 7 nitrogen and oxygen atoms in total. The first kappa shape index (κ1) is 33.7. The van der Waals surface area contributed by atoms with Crippen molar-refractivity contribution >= 4 is 62.3 Å². The van der Waals surface area contributed by atoms with Gasteiger partial charge in [-0.05, 0) is 68.7 Å². The Bertz CT molecular complexity index is 1480. The molecule has 0 radical (unpaired) electrons. The number of nitrogens with one attached hydrogen (secondary N) is 1. The average molecular weight is 653 g/mol. The molecule has 226 valence electrons. The number of anilines is 1. The van der Waals surface area contributed by atoms with Gasteiger partial charge in [-0.15, -0.1) is 0 Å². The third-order valence-electron chi connectivity index (χ3n) is 6.36. The maximum atomic E-state index is 13.9. The van der Waals surface area contributed by atoms with E-state index < -0.39 is 21.6 Å². The van der Waals surface area contributed by atoms with Crippen LogP contribution >= 0.6 is 34.8 Å². The summed E-state index contributed by atoms with van der Waals surface area (Å²) in [4.78, 5) is 29.2. The van der Waals surface area contributed by atoms with Crippen LogP contribution in [0.2, 0.25) is 15.1 Å². The number of nitrogens with zero attached hydrogens (tertiary/aromatic N) is 2. The first-order chi connectivity index (χ1) is 19.6. The minimum absolute atomic E-state index is 0.00302. The van der Waals surface area contributed by atoms with Gasteiger partial charge in [0.05, 0.1) is 17.0 Å². The van der Waals surface area contributed by atoms with Gasteiger partial charge in [0.2, 0.25) is 21.8 Å². The van der Waals surface area contributed by atoms with Crippen molar-refractivity contribution in [1.29, 1.82) is 0 Å².